The summed E-state index contributed by atoms with van der Waals surface area (Å²) < 4.78 is 52.3. The maximum absolute atomic E-state index is 13.0. The Morgan fingerprint density at radius 1 is 1.00 bits per heavy atom. The van der Waals surface area contributed by atoms with Crippen molar-refractivity contribution in [3.8, 4) is 0 Å². The number of hydrogen-bond acceptors (Lipinski definition) is 4. The van der Waals surface area contributed by atoms with Crippen LogP contribution in [0.15, 0.2) is 53.4 Å². The minimum Gasteiger partial charge on any atom is -0.254 e. The normalized spacial score (nSPS) is 20.3. The Bertz CT molecular complexity index is 858. The van der Waals surface area contributed by atoms with Gasteiger partial charge < -0.3 is 0 Å². The third kappa shape index (κ3) is 4.90. The number of sulfonamides is 1. The summed E-state index contributed by atoms with van der Waals surface area (Å²) >= 11 is 0. The van der Waals surface area contributed by atoms with Gasteiger partial charge in [0.15, 0.2) is 0 Å². The van der Waals surface area contributed by atoms with E-state index in [0.29, 0.717) is 13.0 Å². The number of nitrogens with one attached hydrogen (secondary N) is 2. The zero-order chi connectivity index (χ0) is 19.4. The summed E-state index contributed by atoms with van der Waals surface area (Å²) in [5.74, 6) is -0.723. The Morgan fingerprint density at radius 2 is 1.59 bits per heavy atom. The van der Waals surface area contributed by atoms with Crippen LogP contribution in [-0.2, 0) is 10.0 Å². The molecule has 0 saturated carbocycles. The summed E-state index contributed by atoms with van der Waals surface area (Å²) in [6.45, 7) is 0.374. The molecule has 2 unspecified atom stereocenters. The lowest BCUT2D eigenvalue weighted by Gasteiger charge is -2.18. The quantitative estimate of drug-likeness (QED) is 0.757. The molecule has 1 heterocycles. The Labute approximate surface area is 158 Å². The molecule has 0 amide bonds. The second-order valence-corrected chi connectivity index (χ2v) is 8.79. The zero-order valence-corrected chi connectivity index (χ0v) is 15.8. The van der Waals surface area contributed by atoms with Gasteiger partial charge in [-0.05, 0) is 61.2 Å². The van der Waals surface area contributed by atoms with Gasteiger partial charge in [-0.25, -0.2) is 21.5 Å². The van der Waals surface area contributed by atoms with Crippen LogP contribution in [0.25, 0.3) is 0 Å². The van der Waals surface area contributed by atoms with Crippen molar-refractivity contribution in [2.75, 3.05) is 13.6 Å². The van der Waals surface area contributed by atoms with Crippen LogP contribution in [0.2, 0.25) is 0 Å². The highest BCUT2D eigenvalue weighted by Crippen LogP contribution is 2.24. The number of nitrogens with zero attached hydrogens (tertiary/aromatic N) is 1. The van der Waals surface area contributed by atoms with Crippen LogP contribution < -0.4 is 10.9 Å². The molecule has 1 aliphatic rings. The molecule has 0 bridgehead atoms. The highest BCUT2D eigenvalue weighted by atomic mass is 32.2. The van der Waals surface area contributed by atoms with Gasteiger partial charge in [0.25, 0.3) is 0 Å². The van der Waals surface area contributed by atoms with Gasteiger partial charge in [0.2, 0.25) is 10.0 Å². The summed E-state index contributed by atoms with van der Waals surface area (Å²) in [6.07, 6.45) is 2.33. The molecule has 1 saturated heterocycles. The first-order valence-electron chi connectivity index (χ1n) is 8.84. The molecule has 3 rings (SSSR count). The van der Waals surface area contributed by atoms with Crippen molar-refractivity contribution in [1.29, 1.82) is 0 Å². The minimum absolute atomic E-state index is 0.0865. The topological polar surface area (TPSA) is 61.4 Å². The van der Waals surface area contributed by atoms with Crippen molar-refractivity contribution < 1.29 is 17.2 Å². The molecule has 8 heteroatoms. The Morgan fingerprint density at radius 3 is 2.22 bits per heavy atom. The average Bonchev–Trinajstić information content (AvgIpc) is 3.11. The fourth-order valence-corrected chi connectivity index (χ4v) is 4.40. The van der Waals surface area contributed by atoms with Crippen LogP contribution >= 0.6 is 0 Å². The van der Waals surface area contributed by atoms with Crippen molar-refractivity contribution >= 4 is 10.0 Å². The van der Waals surface area contributed by atoms with Crippen molar-refractivity contribution in [3.05, 3.63) is 65.7 Å². The fourth-order valence-electron chi connectivity index (χ4n) is 3.19. The van der Waals surface area contributed by atoms with E-state index >= 15 is 0 Å². The smallest absolute Gasteiger partial charge is 0.242 e. The molecule has 146 valence electrons. The summed E-state index contributed by atoms with van der Waals surface area (Å²) in [5, 5.41) is 0. The van der Waals surface area contributed by atoms with Crippen molar-refractivity contribution in [2.45, 2.75) is 36.2 Å². The maximum Gasteiger partial charge on any atom is 0.242 e. The first-order valence-corrected chi connectivity index (χ1v) is 10.3. The third-order valence-electron chi connectivity index (χ3n) is 4.80. The van der Waals surface area contributed by atoms with Crippen LogP contribution in [0.3, 0.4) is 0 Å². The summed E-state index contributed by atoms with van der Waals surface area (Å²) in [6, 6.07) is 11.6. The summed E-state index contributed by atoms with van der Waals surface area (Å²) in [5.41, 5.74) is 7.44. The molecule has 2 aromatic rings. The van der Waals surface area contributed by atoms with Gasteiger partial charge in [0.1, 0.15) is 11.6 Å². The number of rotatable bonds is 7. The molecule has 1 fully saturated rings. The zero-order valence-electron chi connectivity index (χ0n) is 15.0. The molecule has 5 nitrogen and oxygen atoms in total. The van der Waals surface area contributed by atoms with Gasteiger partial charge in [0.05, 0.1) is 4.90 Å². The maximum atomic E-state index is 13.0. The van der Waals surface area contributed by atoms with E-state index in [4.69, 9.17) is 0 Å². The van der Waals surface area contributed by atoms with Gasteiger partial charge in [-0.2, -0.15) is 0 Å². The van der Waals surface area contributed by atoms with E-state index in [2.05, 4.69) is 10.9 Å². The standard InChI is InChI=1S/C19H23F2N3O2S/c1-24(27(25,26)18-10-8-16(21)9-11-18)12-2-3-17-13-19(23-22-17)14-4-6-15(20)7-5-14/h4-11,17,19,22-23H,2-3,12-13H2,1H3. The van der Waals surface area contributed by atoms with Gasteiger partial charge >= 0.3 is 0 Å². The second-order valence-electron chi connectivity index (χ2n) is 6.75. The molecule has 2 atom stereocenters. The Hall–Kier alpha value is -1.87. The lowest BCUT2D eigenvalue weighted by Crippen LogP contribution is -2.32. The van der Waals surface area contributed by atoms with Gasteiger partial charge in [-0.15, -0.1) is 0 Å². The van der Waals surface area contributed by atoms with E-state index in [-0.39, 0.29) is 22.8 Å². The van der Waals surface area contributed by atoms with Crippen LogP contribution in [0.5, 0.6) is 0 Å². The number of benzene rings is 2. The van der Waals surface area contributed by atoms with E-state index in [0.717, 1.165) is 30.5 Å². The molecular formula is C19H23F2N3O2S. The number of hydrogen-bond donors (Lipinski definition) is 2. The molecule has 0 aliphatic carbocycles. The monoisotopic (exact) mass is 395 g/mol. The molecular weight excluding hydrogens is 372 g/mol. The predicted octanol–water partition coefficient (Wildman–Crippen LogP) is 2.97. The molecule has 0 aromatic heterocycles. The minimum atomic E-state index is -3.61. The highest BCUT2D eigenvalue weighted by Gasteiger charge is 2.26. The fraction of sp³-hybridized carbons (Fsp3) is 0.368. The van der Waals surface area contributed by atoms with E-state index in [1.807, 2.05) is 0 Å². The van der Waals surface area contributed by atoms with Crippen LogP contribution in [0.1, 0.15) is 30.9 Å². The first-order chi connectivity index (χ1) is 12.9. The summed E-state index contributed by atoms with van der Waals surface area (Å²) in [4.78, 5) is 0.0865. The van der Waals surface area contributed by atoms with Gasteiger partial charge in [-0.3, -0.25) is 10.9 Å². The lowest BCUT2D eigenvalue weighted by atomic mass is 10.00. The van der Waals surface area contributed by atoms with Crippen molar-refractivity contribution in [1.82, 2.24) is 15.2 Å². The molecule has 1 aliphatic heterocycles. The van der Waals surface area contributed by atoms with Gasteiger partial charge in [0, 0.05) is 25.7 Å². The van der Waals surface area contributed by atoms with E-state index < -0.39 is 15.8 Å². The lowest BCUT2D eigenvalue weighted by molar-refractivity contribution is 0.428. The van der Waals surface area contributed by atoms with Crippen LogP contribution in [-0.4, -0.2) is 32.4 Å². The molecule has 0 spiro atoms. The number of hydrazine groups is 1. The van der Waals surface area contributed by atoms with Crippen molar-refractivity contribution in [2.24, 2.45) is 0 Å². The molecule has 27 heavy (non-hydrogen) atoms. The van der Waals surface area contributed by atoms with Crippen LogP contribution in [0.4, 0.5) is 8.78 Å². The van der Waals surface area contributed by atoms with E-state index in [9.17, 15) is 17.2 Å². The Balaban J connectivity index is 1.48. The highest BCUT2D eigenvalue weighted by molar-refractivity contribution is 7.89. The van der Waals surface area contributed by atoms with Gasteiger partial charge in [-0.1, -0.05) is 12.1 Å². The third-order valence-corrected chi connectivity index (χ3v) is 6.67. The predicted molar refractivity (Wildman–Crippen MR) is 99.3 cm³/mol. The Kier molecular flexibility index (Phi) is 6.21. The van der Waals surface area contributed by atoms with E-state index in [1.165, 1.54) is 35.6 Å². The molecule has 0 radical (unpaired) electrons. The molecule has 2 aromatic carbocycles. The van der Waals surface area contributed by atoms with Crippen molar-refractivity contribution in [3.63, 3.8) is 0 Å². The summed E-state index contributed by atoms with van der Waals surface area (Å²) in [7, 11) is -2.09. The SMILES string of the molecule is CN(CCCC1CC(c2ccc(F)cc2)NN1)S(=O)(=O)c1ccc(F)cc1. The van der Waals surface area contributed by atoms with Crippen LogP contribution in [0, 0.1) is 11.6 Å². The largest absolute Gasteiger partial charge is 0.254 e. The molecule has 2 N–H and O–H groups in total. The first kappa shape index (κ1) is 19.9. The van der Waals surface area contributed by atoms with E-state index in [1.54, 1.807) is 12.1 Å². The average molecular weight is 395 g/mol. The second kappa shape index (κ2) is 8.43. The number of halogens is 2.